The number of hydrogen-bond acceptors (Lipinski definition) is 7. The van der Waals surface area contributed by atoms with Gasteiger partial charge in [-0.1, -0.05) is 18.2 Å². The molecule has 2 aliphatic rings. The van der Waals surface area contributed by atoms with Crippen molar-refractivity contribution in [2.45, 2.75) is 19.4 Å². The average Bonchev–Trinajstić information content (AvgIpc) is 3.25. The number of rotatable bonds is 5. The van der Waals surface area contributed by atoms with Crippen LogP contribution >= 0.6 is 11.3 Å². The fourth-order valence-electron chi connectivity index (χ4n) is 3.63. The minimum atomic E-state index is 0.116. The van der Waals surface area contributed by atoms with Gasteiger partial charge >= 0.3 is 0 Å². The lowest BCUT2D eigenvalue weighted by Gasteiger charge is -2.26. The second-order valence-corrected chi connectivity index (χ2v) is 8.74. The molecule has 1 saturated heterocycles. The summed E-state index contributed by atoms with van der Waals surface area (Å²) in [6.45, 7) is 4.44. The van der Waals surface area contributed by atoms with Crippen molar-refractivity contribution in [3.05, 3.63) is 57.3 Å². The lowest BCUT2D eigenvalue weighted by Crippen LogP contribution is -2.46. The Morgan fingerprint density at radius 2 is 2.06 bits per heavy atom. The summed E-state index contributed by atoms with van der Waals surface area (Å²) >= 11 is 1.55. The third-order valence-electron chi connectivity index (χ3n) is 5.44. The predicted molar refractivity (Wildman–Crippen MR) is 131 cm³/mol. The van der Waals surface area contributed by atoms with Gasteiger partial charge in [0.15, 0.2) is 0 Å². The van der Waals surface area contributed by atoms with E-state index in [1.165, 1.54) is 5.56 Å². The number of aliphatic imine (C=N–C) groups is 2. The number of carbonyl (C=O) groups is 1. The van der Waals surface area contributed by atoms with E-state index in [4.69, 9.17) is 9.73 Å². The van der Waals surface area contributed by atoms with Gasteiger partial charge in [0, 0.05) is 50.2 Å². The van der Waals surface area contributed by atoms with Crippen LogP contribution in [0.5, 0.6) is 5.75 Å². The highest BCUT2D eigenvalue weighted by Gasteiger charge is 2.21. The summed E-state index contributed by atoms with van der Waals surface area (Å²) in [6.07, 6.45) is 7.61. The van der Waals surface area contributed by atoms with Crippen LogP contribution < -0.4 is 15.4 Å². The van der Waals surface area contributed by atoms with Crippen molar-refractivity contribution < 1.29 is 9.53 Å². The Labute approximate surface area is 192 Å². The van der Waals surface area contributed by atoms with E-state index in [1.807, 2.05) is 29.3 Å². The van der Waals surface area contributed by atoms with Crippen LogP contribution in [0.25, 0.3) is 6.08 Å². The van der Waals surface area contributed by atoms with Crippen LogP contribution in [-0.2, 0) is 13.0 Å². The molecule has 2 N–H and O–H groups in total. The molecule has 4 rings (SSSR count). The molecule has 1 fully saturated rings. The molecule has 0 saturated carbocycles. The zero-order chi connectivity index (χ0) is 22.2. The van der Waals surface area contributed by atoms with Gasteiger partial charge in [-0.05, 0) is 41.8 Å². The van der Waals surface area contributed by atoms with Crippen LogP contribution in [0.4, 0.5) is 0 Å². The van der Waals surface area contributed by atoms with E-state index in [-0.39, 0.29) is 5.91 Å². The molecule has 0 aliphatic carbocycles. The molecule has 168 valence electrons. The van der Waals surface area contributed by atoms with Crippen LogP contribution in [0.2, 0.25) is 0 Å². The topological polar surface area (TPSA) is 78.3 Å². The first kappa shape index (κ1) is 22.2. The Morgan fingerprint density at radius 1 is 1.25 bits per heavy atom. The number of fused-ring (bicyclic) bond motifs is 1. The largest absolute Gasteiger partial charge is 0.497 e. The Morgan fingerprint density at radius 3 is 2.84 bits per heavy atom. The van der Waals surface area contributed by atoms with Crippen molar-refractivity contribution >= 4 is 35.5 Å². The number of carbonyl (C=O) groups excluding carboxylic acids is 1. The van der Waals surface area contributed by atoms with Crippen molar-refractivity contribution in [3.8, 4) is 5.75 Å². The number of hydrogen-bond donors (Lipinski definition) is 2. The third-order valence-corrected chi connectivity index (χ3v) is 6.57. The Kier molecular flexibility index (Phi) is 7.68. The Balaban J connectivity index is 1.41. The maximum Gasteiger partial charge on any atom is 0.264 e. The van der Waals surface area contributed by atoms with Crippen LogP contribution in [-0.4, -0.2) is 62.8 Å². The summed E-state index contributed by atoms with van der Waals surface area (Å²) in [7, 11) is 1.67. The van der Waals surface area contributed by atoms with Crippen molar-refractivity contribution in [1.29, 1.82) is 0 Å². The van der Waals surface area contributed by atoms with E-state index in [1.54, 1.807) is 18.4 Å². The molecular weight excluding hydrogens is 422 g/mol. The number of benzene rings is 1. The van der Waals surface area contributed by atoms with Gasteiger partial charge in [0.05, 0.1) is 18.5 Å². The number of thiophene rings is 1. The number of methoxy groups -OCH3 is 1. The number of allylic oxidation sites excluding steroid dienone is 1. The number of guanidine groups is 1. The Bertz CT molecular complexity index is 1000. The molecular formula is C24H29N5O2S. The molecule has 2 aromatic rings. The molecule has 2 aliphatic heterocycles. The monoisotopic (exact) mass is 451 g/mol. The molecule has 8 heteroatoms. The van der Waals surface area contributed by atoms with E-state index in [0.29, 0.717) is 12.5 Å². The average molecular weight is 452 g/mol. The van der Waals surface area contributed by atoms with Gasteiger partial charge in [0.1, 0.15) is 5.75 Å². The van der Waals surface area contributed by atoms with Gasteiger partial charge in [-0.15, -0.1) is 11.3 Å². The highest BCUT2D eigenvalue weighted by atomic mass is 32.1. The second-order valence-electron chi connectivity index (χ2n) is 7.66. The van der Waals surface area contributed by atoms with Gasteiger partial charge in [-0.25, -0.2) is 9.98 Å². The van der Waals surface area contributed by atoms with Crippen molar-refractivity contribution in [2.75, 3.05) is 39.8 Å². The maximum atomic E-state index is 12.9. The summed E-state index contributed by atoms with van der Waals surface area (Å²) in [5.41, 5.74) is 2.29. The smallest absolute Gasteiger partial charge is 0.264 e. The molecule has 0 bridgehead atoms. The second kappa shape index (κ2) is 11.1. The van der Waals surface area contributed by atoms with Crippen molar-refractivity contribution in [3.63, 3.8) is 0 Å². The first-order valence-electron chi connectivity index (χ1n) is 11.0. The van der Waals surface area contributed by atoms with Crippen LogP contribution in [0.3, 0.4) is 0 Å². The fraction of sp³-hybridized carbons (Fsp3) is 0.375. The number of nitrogens with one attached hydrogen (secondary N) is 2. The molecule has 7 nitrogen and oxygen atoms in total. The zero-order valence-electron chi connectivity index (χ0n) is 18.3. The molecule has 32 heavy (non-hydrogen) atoms. The standard InChI is InChI=1S/C24H29N5O2S/c1-31-20-7-5-18(6-8-20)9-11-27-24-26-10-3-2-4-21-19(17-28-24)16-22(32-21)23(30)29-14-12-25-13-15-29/h2,4-8,10,16,25H,3,9,11-15,17H2,1H3,(H,27,28)/b4-2-,26-10-. The van der Waals surface area contributed by atoms with Crippen LogP contribution in [0.1, 0.15) is 32.1 Å². The van der Waals surface area contributed by atoms with E-state index in [0.717, 1.165) is 66.6 Å². The summed E-state index contributed by atoms with van der Waals surface area (Å²) in [6, 6.07) is 10.1. The quantitative estimate of drug-likeness (QED) is 0.733. The first-order valence-corrected chi connectivity index (χ1v) is 11.8. The Hall–Kier alpha value is -2.97. The summed E-state index contributed by atoms with van der Waals surface area (Å²) in [4.78, 5) is 25.9. The number of piperazine rings is 1. The lowest BCUT2D eigenvalue weighted by atomic mass is 10.1. The van der Waals surface area contributed by atoms with E-state index >= 15 is 0 Å². The predicted octanol–water partition coefficient (Wildman–Crippen LogP) is 2.98. The van der Waals surface area contributed by atoms with Crippen molar-refractivity contribution in [2.24, 2.45) is 9.98 Å². The minimum Gasteiger partial charge on any atom is -0.497 e. The first-order chi connectivity index (χ1) is 15.7. The van der Waals surface area contributed by atoms with E-state index in [2.05, 4.69) is 39.9 Å². The lowest BCUT2D eigenvalue weighted by molar-refractivity contribution is 0.0740. The normalized spacial score (nSPS) is 19.9. The number of amides is 1. The van der Waals surface area contributed by atoms with Crippen molar-refractivity contribution in [1.82, 2.24) is 15.5 Å². The molecule has 1 amide bonds. The maximum absolute atomic E-state index is 12.9. The molecule has 0 unspecified atom stereocenters. The van der Waals surface area contributed by atoms with Gasteiger partial charge in [-0.3, -0.25) is 4.79 Å². The van der Waals surface area contributed by atoms with Crippen LogP contribution in [0, 0.1) is 0 Å². The summed E-state index contributed by atoms with van der Waals surface area (Å²) in [5, 5.41) is 6.64. The molecule has 0 atom stereocenters. The molecule has 1 aromatic heterocycles. The summed E-state index contributed by atoms with van der Waals surface area (Å²) in [5.74, 6) is 1.60. The van der Waals surface area contributed by atoms with E-state index < -0.39 is 0 Å². The molecule has 0 radical (unpaired) electrons. The van der Waals surface area contributed by atoms with Crippen LogP contribution in [0.15, 0.2) is 46.4 Å². The number of nitrogens with zero attached hydrogens (tertiary/aromatic N) is 3. The molecule has 3 heterocycles. The minimum absolute atomic E-state index is 0.116. The van der Waals surface area contributed by atoms with Gasteiger partial charge < -0.3 is 20.3 Å². The molecule has 0 spiro atoms. The SMILES string of the molecule is COc1ccc(CCNC2=N/Cc3cc(C(=O)N4CCNCC4)sc3/C=C\C/C=N\2)cc1. The van der Waals surface area contributed by atoms with Gasteiger partial charge in [0.25, 0.3) is 5.91 Å². The fourth-order valence-corrected chi connectivity index (χ4v) is 4.70. The highest BCUT2D eigenvalue weighted by Crippen LogP contribution is 2.27. The summed E-state index contributed by atoms with van der Waals surface area (Å²) < 4.78 is 5.21. The molecule has 1 aromatic carbocycles. The van der Waals surface area contributed by atoms with Gasteiger partial charge in [0.2, 0.25) is 5.96 Å². The number of ether oxygens (including phenoxy) is 1. The van der Waals surface area contributed by atoms with E-state index in [9.17, 15) is 4.79 Å². The zero-order valence-corrected chi connectivity index (χ0v) is 19.2. The highest BCUT2D eigenvalue weighted by molar-refractivity contribution is 7.15. The van der Waals surface area contributed by atoms with Gasteiger partial charge in [-0.2, -0.15) is 0 Å². The third kappa shape index (κ3) is 5.83.